The minimum absolute atomic E-state index is 0.0270. The van der Waals surface area contributed by atoms with E-state index in [1.807, 2.05) is 107 Å². The molecule has 0 spiro atoms. The Labute approximate surface area is 301 Å². The van der Waals surface area contributed by atoms with Crippen molar-refractivity contribution in [3.05, 3.63) is 84.4 Å². The summed E-state index contributed by atoms with van der Waals surface area (Å²) in [5.41, 5.74) is 2.84. The van der Waals surface area contributed by atoms with Gasteiger partial charge in [0, 0.05) is 43.6 Å². The standard InChI is InChI=1S/C40H51N5O6/c1-40(2,3)51-35-24-36(45(26-35)39(48)49-27-28-10-6-5-7-11-28)37(46)43(4)32-22-23-44(25-32)31-18-14-29(15-19-31)41-38(47)42-30-16-20-34(21-17-30)50-33-12-8-9-13-33/h5-7,10-11,14-21,32-33,35-36H,8-9,12-13,22-27H2,1-4H3,(H2,41,42,47)/t32?,35?,36-/m0/s1. The van der Waals surface area contributed by atoms with Crippen LogP contribution in [-0.4, -0.2) is 84.4 Å². The molecule has 1 aliphatic carbocycles. The van der Waals surface area contributed by atoms with Gasteiger partial charge in [0.2, 0.25) is 5.91 Å². The van der Waals surface area contributed by atoms with Crippen LogP contribution in [0.15, 0.2) is 78.9 Å². The second-order valence-electron chi connectivity index (χ2n) is 14.8. The van der Waals surface area contributed by atoms with Crippen LogP contribution < -0.4 is 20.3 Å². The lowest BCUT2D eigenvalue weighted by Gasteiger charge is -2.31. The van der Waals surface area contributed by atoms with E-state index in [1.54, 1.807) is 4.90 Å². The lowest BCUT2D eigenvalue weighted by atomic mass is 10.1. The number of carbonyl (C=O) groups is 3. The lowest BCUT2D eigenvalue weighted by Crippen LogP contribution is -2.50. The molecule has 4 amide bonds. The van der Waals surface area contributed by atoms with Crippen molar-refractivity contribution in [3.63, 3.8) is 0 Å². The number of nitrogens with one attached hydrogen (secondary N) is 2. The van der Waals surface area contributed by atoms with Gasteiger partial charge in [-0.25, -0.2) is 9.59 Å². The molecule has 6 rings (SSSR count). The monoisotopic (exact) mass is 697 g/mol. The molecule has 51 heavy (non-hydrogen) atoms. The van der Waals surface area contributed by atoms with E-state index in [1.165, 1.54) is 17.7 Å². The smallest absolute Gasteiger partial charge is 0.410 e. The molecule has 0 bridgehead atoms. The maximum Gasteiger partial charge on any atom is 0.410 e. The number of anilines is 3. The van der Waals surface area contributed by atoms with E-state index in [-0.39, 0.29) is 36.8 Å². The topological polar surface area (TPSA) is 113 Å². The summed E-state index contributed by atoms with van der Waals surface area (Å²) in [7, 11) is 1.82. The Morgan fingerprint density at radius 1 is 0.824 bits per heavy atom. The third-order valence-electron chi connectivity index (χ3n) is 9.77. The molecule has 3 atom stereocenters. The van der Waals surface area contributed by atoms with Crippen LogP contribution in [0, 0.1) is 0 Å². The van der Waals surface area contributed by atoms with Crippen LogP contribution in [0.2, 0.25) is 0 Å². The molecule has 11 nitrogen and oxygen atoms in total. The molecule has 0 aromatic heterocycles. The molecule has 2 heterocycles. The second-order valence-corrected chi connectivity index (χ2v) is 14.8. The first-order valence-electron chi connectivity index (χ1n) is 18.1. The molecule has 2 aliphatic heterocycles. The predicted molar refractivity (Wildman–Crippen MR) is 198 cm³/mol. The van der Waals surface area contributed by atoms with E-state index in [4.69, 9.17) is 14.2 Å². The van der Waals surface area contributed by atoms with E-state index >= 15 is 0 Å². The number of likely N-dealkylation sites (tertiary alicyclic amines) is 1. The summed E-state index contributed by atoms with van der Waals surface area (Å²) < 4.78 is 17.9. The molecule has 3 fully saturated rings. The number of rotatable bonds is 10. The molecule has 3 aliphatic rings. The quantitative estimate of drug-likeness (QED) is 0.229. The highest BCUT2D eigenvalue weighted by Crippen LogP contribution is 2.30. The third kappa shape index (κ3) is 9.72. The summed E-state index contributed by atoms with van der Waals surface area (Å²) >= 11 is 0. The Morgan fingerprint density at radius 2 is 1.47 bits per heavy atom. The minimum Gasteiger partial charge on any atom is -0.490 e. The average molecular weight is 698 g/mol. The van der Waals surface area contributed by atoms with Crippen molar-refractivity contribution < 1.29 is 28.6 Å². The first kappa shape index (κ1) is 36.0. The zero-order valence-electron chi connectivity index (χ0n) is 30.2. The highest BCUT2D eigenvalue weighted by atomic mass is 16.6. The molecule has 3 aromatic carbocycles. The molecular weight excluding hydrogens is 646 g/mol. The number of ether oxygens (including phenoxy) is 3. The van der Waals surface area contributed by atoms with Gasteiger partial charge in [0.15, 0.2) is 0 Å². The summed E-state index contributed by atoms with van der Waals surface area (Å²) in [6, 6.07) is 23.7. The van der Waals surface area contributed by atoms with Gasteiger partial charge in [-0.05, 0) is 107 Å². The Morgan fingerprint density at radius 3 is 2.12 bits per heavy atom. The Hall–Kier alpha value is -4.77. The van der Waals surface area contributed by atoms with Gasteiger partial charge >= 0.3 is 12.1 Å². The summed E-state index contributed by atoms with van der Waals surface area (Å²) in [6.07, 6.45) is 5.34. The van der Waals surface area contributed by atoms with Crippen LogP contribution in [0.1, 0.15) is 64.9 Å². The number of likely N-dealkylation sites (N-methyl/N-ethyl adjacent to an activating group) is 1. The largest absolute Gasteiger partial charge is 0.490 e. The van der Waals surface area contributed by atoms with Crippen molar-refractivity contribution in [1.82, 2.24) is 9.80 Å². The Kier molecular flexibility index (Phi) is 11.3. The van der Waals surface area contributed by atoms with Gasteiger partial charge in [0.05, 0.1) is 30.4 Å². The van der Waals surface area contributed by atoms with Crippen LogP contribution in [0.4, 0.5) is 26.7 Å². The summed E-state index contributed by atoms with van der Waals surface area (Å²) in [6.45, 7) is 7.80. The molecule has 2 saturated heterocycles. The number of nitrogens with zero attached hydrogens (tertiary/aromatic N) is 3. The van der Waals surface area contributed by atoms with Crippen molar-refractivity contribution >= 4 is 35.1 Å². The van der Waals surface area contributed by atoms with Gasteiger partial charge in [0.1, 0.15) is 18.4 Å². The van der Waals surface area contributed by atoms with Crippen molar-refractivity contribution in [2.24, 2.45) is 0 Å². The van der Waals surface area contributed by atoms with Crippen LogP contribution >= 0.6 is 0 Å². The van der Waals surface area contributed by atoms with Gasteiger partial charge in [-0.2, -0.15) is 0 Å². The van der Waals surface area contributed by atoms with Crippen molar-refractivity contribution in [3.8, 4) is 5.75 Å². The van der Waals surface area contributed by atoms with Crippen molar-refractivity contribution in [2.45, 2.75) is 95.8 Å². The average Bonchev–Trinajstić information content (AvgIpc) is 3.90. The van der Waals surface area contributed by atoms with Gasteiger partial charge in [0.25, 0.3) is 0 Å². The fraction of sp³-hybridized carbons (Fsp3) is 0.475. The molecule has 11 heteroatoms. The molecule has 1 saturated carbocycles. The fourth-order valence-corrected chi connectivity index (χ4v) is 7.19. The maximum atomic E-state index is 14.0. The number of hydrogen-bond donors (Lipinski definition) is 2. The fourth-order valence-electron chi connectivity index (χ4n) is 7.19. The second kappa shape index (κ2) is 16.1. The summed E-state index contributed by atoms with van der Waals surface area (Å²) in [4.78, 5) is 45.6. The van der Waals surface area contributed by atoms with Crippen LogP contribution in [0.3, 0.4) is 0 Å². The van der Waals surface area contributed by atoms with Gasteiger partial charge in [-0.1, -0.05) is 30.3 Å². The minimum atomic E-state index is -0.667. The van der Waals surface area contributed by atoms with Crippen LogP contribution in [-0.2, 0) is 20.9 Å². The maximum absolute atomic E-state index is 14.0. The number of carbonyl (C=O) groups excluding carboxylic acids is 3. The predicted octanol–water partition coefficient (Wildman–Crippen LogP) is 7.28. The van der Waals surface area contributed by atoms with E-state index in [2.05, 4.69) is 15.5 Å². The van der Waals surface area contributed by atoms with E-state index in [0.717, 1.165) is 42.8 Å². The highest BCUT2D eigenvalue weighted by Gasteiger charge is 2.44. The van der Waals surface area contributed by atoms with Crippen LogP contribution in [0.5, 0.6) is 5.75 Å². The van der Waals surface area contributed by atoms with Crippen molar-refractivity contribution in [1.29, 1.82) is 0 Å². The van der Waals surface area contributed by atoms with E-state index in [0.29, 0.717) is 30.9 Å². The summed E-state index contributed by atoms with van der Waals surface area (Å²) in [5.74, 6) is 0.710. The Balaban J connectivity index is 1.01. The molecule has 2 N–H and O–H groups in total. The van der Waals surface area contributed by atoms with Crippen LogP contribution in [0.25, 0.3) is 0 Å². The molecule has 2 unspecified atom stereocenters. The molecule has 3 aromatic rings. The van der Waals surface area contributed by atoms with E-state index < -0.39 is 17.7 Å². The zero-order chi connectivity index (χ0) is 36.0. The van der Waals surface area contributed by atoms with Gasteiger partial charge in [-0.15, -0.1) is 0 Å². The first-order chi connectivity index (χ1) is 24.5. The normalized spacial score (nSPS) is 20.7. The number of amides is 4. The highest BCUT2D eigenvalue weighted by molar-refractivity contribution is 5.99. The lowest BCUT2D eigenvalue weighted by molar-refractivity contribution is -0.136. The van der Waals surface area contributed by atoms with Gasteiger partial charge < -0.3 is 34.6 Å². The zero-order valence-corrected chi connectivity index (χ0v) is 30.2. The number of hydrogen-bond acceptors (Lipinski definition) is 7. The number of benzene rings is 3. The van der Waals surface area contributed by atoms with E-state index in [9.17, 15) is 14.4 Å². The molecule has 0 radical (unpaired) electrons. The number of urea groups is 1. The first-order valence-corrected chi connectivity index (χ1v) is 18.1. The third-order valence-corrected chi connectivity index (χ3v) is 9.77. The SMILES string of the molecule is CN(C(=O)[C@@H]1CC(OC(C)(C)C)CN1C(=O)OCc1ccccc1)C1CCN(c2ccc(NC(=O)Nc3ccc(OC4CCCC4)cc3)cc2)C1. The van der Waals surface area contributed by atoms with Crippen molar-refractivity contribution in [2.75, 3.05) is 42.2 Å². The summed E-state index contributed by atoms with van der Waals surface area (Å²) in [5, 5.41) is 5.78. The molecule has 272 valence electrons. The van der Waals surface area contributed by atoms with Gasteiger partial charge in [-0.3, -0.25) is 9.69 Å². The Bertz CT molecular complexity index is 1620. The molecular formula is C40H51N5O6.